The van der Waals surface area contributed by atoms with Gasteiger partial charge in [-0.3, -0.25) is 9.20 Å². The average molecular weight is 262 g/mol. The molecule has 0 spiro atoms. The van der Waals surface area contributed by atoms with Gasteiger partial charge in [0.05, 0.1) is 12.2 Å². The standard InChI is InChI=1S/C13H11FN2O3/c1-2-19-12(17)6-3-9-7-15-11-5-4-10(14)8-16(11)13(9)18/h3-8H,2H2,1H3/b6-3+. The fraction of sp³-hybridized carbons (Fsp3) is 0.154. The fourth-order valence-electron chi connectivity index (χ4n) is 1.53. The molecule has 0 saturated heterocycles. The van der Waals surface area contributed by atoms with Crippen LogP contribution in [0.1, 0.15) is 12.5 Å². The number of carbonyl (C=O) groups is 1. The van der Waals surface area contributed by atoms with Crippen LogP contribution >= 0.6 is 0 Å². The van der Waals surface area contributed by atoms with E-state index >= 15 is 0 Å². The lowest BCUT2D eigenvalue weighted by Crippen LogP contribution is -2.17. The van der Waals surface area contributed by atoms with Gasteiger partial charge in [-0.05, 0) is 25.1 Å². The lowest BCUT2D eigenvalue weighted by atomic mass is 10.3. The van der Waals surface area contributed by atoms with Crippen molar-refractivity contribution in [1.82, 2.24) is 9.38 Å². The van der Waals surface area contributed by atoms with Crippen LogP contribution in [0.5, 0.6) is 0 Å². The minimum absolute atomic E-state index is 0.177. The highest BCUT2D eigenvalue weighted by Crippen LogP contribution is 2.02. The summed E-state index contributed by atoms with van der Waals surface area (Å²) in [5, 5.41) is 0. The molecule has 0 aliphatic carbocycles. The SMILES string of the molecule is CCOC(=O)/C=C/c1cnc2ccc(F)cn2c1=O. The quantitative estimate of drug-likeness (QED) is 0.620. The number of pyridine rings is 1. The van der Waals surface area contributed by atoms with Gasteiger partial charge in [0.1, 0.15) is 11.5 Å². The van der Waals surface area contributed by atoms with E-state index in [-0.39, 0.29) is 12.2 Å². The van der Waals surface area contributed by atoms with Crippen LogP contribution in [-0.4, -0.2) is 22.0 Å². The Morgan fingerprint density at radius 1 is 1.53 bits per heavy atom. The van der Waals surface area contributed by atoms with E-state index in [1.165, 1.54) is 24.4 Å². The molecular formula is C13H11FN2O3. The molecule has 0 atom stereocenters. The minimum Gasteiger partial charge on any atom is -0.463 e. The molecule has 5 nitrogen and oxygen atoms in total. The third-order valence-corrected chi connectivity index (χ3v) is 2.38. The zero-order chi connectivity index (χ0) is 13.8. The van der Waals surface area contributed by atoms with Crippen LogP contribution in [0.2, 0.25) is 0 Å². The Labute approximate surface area is 108 Å². The largest absolute Gasteiger partial charge is 0.463 e. The second-order valence-corrected chi connectivity index (χ2v) is 3.68. The van der Waals surface area contributed by atoms with Crippen LogP contribution < -0.4 is 5.56 Å². The Morgan fingerprint density at radius 2 is 2.32 bits per heavy atom. The Kier molecular flexibility index (Phi) is 3.70. The number of aromatic nitrogens is 2. The van der Waals surface area contributed by atoms with Crippen LogP contribution in [0.15, 0.2) is 35.4 Å². The summed E-state index contributed by atoms with van der Waals surface area (Å²) in [6.07, 6.45) is 4.80. The van der Waals surface area contributed by atoms with Crippen LogP contribution in [0.4, 0.5) is 4.39 Å². The minimum atomic E-state index is -0.550. The maximum Gasteiger partial charge on any atom is 0.330 e. The third kappa shape index (κ3) is 2.85. The smallest absolute Gasteiger partial charge is 0.330 e. The highest BCUT2D eigenvalue weighted by atomic mass is 19.1. The van der Waals surface area contributed by atoms with Crippen LogP contribution in [0.3, 0.4) is 0 Å². The molecule has 2 heterocycles. The summed E-state index contributed by atoms with van der Waals surface area (Å²) in [5.74, 6) is -1.09. The van der Waals surface area contributed by atoms with Gasteiger partial charge in [-0.15, -0.1) is 0 Å². The molecule has 98 valence electrons. The van der Waals surface area contributed by atoms with Gasteiger partial charge in [-0.1, -0.05) is 0 Å². The third-order valence-electron chi connectivity index (χ3n) is 2.38. The highest BCUT2D eigenvalue weighted by molar-refractivity contribution is 5.86. The van der Waals surface area contributed by atoms with E-state index in [4.69, 9.17) is 4.74 Å². The molecule has 0 aliphatic rings. The van der Waals surface area contributed by atoms with E-state index in [2.05, 4.69) is 4.98 Å². The summed E-state index contributed by atoms with van der Waals surface area (Å²) in [5.41, 5.74) is 0.0564. The van der Waals surface area contributed by atoms with Gasteiger partial charge in [0.25, 0.3) is 5.56 Å². The summed E-state index contributed by atoms with van der Waals surface area (Å²) in [7, 11) is 0. The van der Waals surface area contributed by atoms with Crippen molar-refractivity contribution in [3.63, 3.8) is 0 Å². The summed E-state index contributed by atoms with van der Waals surface area (Å²) < 4.78 is 18.9. The predicted octanol–water partition coefficient (Wildman–Crippen LogP) is 1.41. The normalized spacial score (nSPS) is 11.1. The Balaban J connectivity index is 2.43. The van der Waals surface area contributed by atoms with Crippen molar-refractivity contribution in [1.29, 1.82) is 0 Å². The van der Waals surface area contributed by atoms with E-state index in [9.17, 15) is 14.0 Å². The molecule has 0 unspecified atom stereocenters. The molecule has 0 aromatic carbocycles. The fourth-order valence-corrected chi connectivity index (χ4v) is 1.53. The van der Waals surface area contributed by atoms with Gasteiger partial charge in [-0.2, -0.15) is 0 Å². The zero-order valence-corrected chi connectivity index (χ0v) is 10.2. The number of ether oxygens (including phenoxy) is 1. The first kappa shape index (κ1) is 12.9. The first-order valence-electron chi connectivity index (χ1n) is 5.63. The number of rotatable bonds is 3. The number of nitrogens with zero attached hydrogens (tertiary/aromatic N) is 2. The van der Waals surface area contributed by atoms with Gasteiger partial charge in [0.15, 0.2) is 0 Å². The first-order chi connectivity index (χ1) is 9.11. The number of carbonyl (C=O) groups excluding carboxylic acids is 1. The van der Waals surface area contributed by atoms with Gasteiger partial charge in [-0.25, -0.2) is 14.2 Å². The molecule has 0 bridgehead atoms. The number of esters is 1. The monoisotopic (exact) mass is 262 g/mol. The predicted molar refractivity (Wildman–Crippen MR) is 67.1 cm³/mol. The summed E-state index contributed by atoms with van der Waals surface area (Å²) >= 11 is 0. The van der Waals surface area contributed by atoms with Crippen molar-refractivity contribution in [2.45, 2.75) is 6.92 Å². The number of halogens is 1. The highest BCUT2D eigenvalue weighted by Gasteiger charge is 2.04. The van der Waals surface area contributed by atoms with Crippen molar-refractivity contribution in [2.75, 3.05) is 6.61 Å². The van der Waals surface area contributed by atoms with E-state index in [0.717, 1.165) is 16.7 Å². The summed E-state index contributed by atoms with van der Waals surface area (Å²) in [6.45, 7) is 1.93. The summed E-state index contributed by atoms with van der Waals surface area (Å²) in [4.78, 5) is 27.2. The molecule has 0 amide bonds. The number of hydrogen-bond donors (Lipinski definition) is 0. The topological polar surface area (TPSA) is 60.7 Å². The second kappa shape index (κ2) is 5.43. The lowest BCUT2D eigenvalue weighted by Gasteiger charge is -2.01. The van der Waals surface area contributed by atoms with Crippen molar-refractivity contribution < 1.29 is 13.9 Å². The average Bonchev–Trinajstić information content (AvgIpc) is 2.39. The second-order valence-electron chi connectivity index (χ2n) is 3.68. The molecule has 0 fully saturated rings. The first-order valence-corrected chi connectivity index (χ1v) is 5.63. The maximum atomic E-state index is 13.1. The molecule has 0 aliphatic heterocycles. The molecule has 0 N–H and O–H groups in total. The number of hydrogen-bond acceptors (Lipinski definition) is 4. The van der Waals surface area contributed by atoms with Crippen LogP contribution in [0.25, 0.3) is 11.7 Å². The van der Waals surface area contributed by atoms with E-state index < -0.39 is 17.3 Å². The molecular weight excluding hydrogens is 251 g/mol. The van der Waals surface area contributed by atoms with E-state index in [1.54, 1.807) is 6.92 Å². The zero-order valence-electron chi connectivity index (χ0n) is 10.2. The molecule has 19 heavy (non-hydrogen) atoms. The van der Waals surface area contributed by atoms with Gasteiger partial charge < -0.3 is 4.74 Å². The Hall–Kier alpha value is -2.50. The van der Waals surface area contributed by atoms with Crippen molar-refractivity contribution in [3.8, 4) is 0 Å². The van der Waals surface area contributed by atoms with Gasteiger partial charge in [0.2, 0.25) is 0 Å². The van der Waals surface area contributed by atoms with E-state index in [1.807, 2.05) is 0 Å². The lowest BCUT2D eigenvalue weighted by molar-refractivity contribution is -0.137. The van der Waals surface area contributed by atoms with Gasteiger partial charge in [0, 0.05) is 18.5 Å². The van der Waals surface area contributed by atoms with Gasteiger partial charge >= 0.3 is 5.97 Å². The van der Waals surface area contributed by atoms with Crippen LogP contribution in [0, 0.1) is 5.82 Å². The molecule has 0 saturated carbocycles. The van der Waals surface area contributed by atoms with E-state index in [0.29, 0.717) is 5.65 Å². The maximum absolute atomic E-state index is 13.1. The summed E-state index contributed by atoms with van der Waals surface area (Å²) in [6, 6.07) is 2.62. The Bertz CT molecular complexity index is 707. The molecule has 2 rings (SSSR count). The number of fused-ring (bicyclic) bond motifs is 1. The van der Waals surface area contributed by atoms with Crippen molar-refractivity contribution in [3.05, 3.63) is 52.3 Å². The Morgan fingerprint density at radius 3 is 3.05 bits per heavy atom. The molecule has 2 aromatic rings. The van der Waals surface area contributed by atoms with Crippen molar-refractivity contribution >= 4 is 17.7 Å². The van der Waals surface area contributed by atoms with Crippen molar-refractivity contribution in [2.24, 2.45) is 0 Å². The van der Waals surface area contributed by atoms with Crippen LogP contribution in [-0.2, 0) is 9.53 Å². The molecule has 0 radical (unpaired) electrons. The molecule has 2 aromatic heterocycles. The molecule has 6 heteroatoms.